The van der Waals surface area contributed by atoms with Crippen LogP contribution in [0.5, 0.6) is 0 Å². The second-order valence-corrected chi connectivity index (χ2v) is 10.3. The first-order valence-corrected chi connectivity index (χ1v) is 12.8. The third-order valence-corrected chi connectivity index (χ3v) is 7.68. The van der Waals surface area contributed by atoms with Crippen molar-refractivity contribution in [2.24, 2.45) is 17.8 Å². The van der Waals surface area contributed by atoms with Crippen molar-refractivity contribution in [3.63, 3.8) is 0 Å². The molecule has 1 aromatic heterocycles. The van der Waals surface area contributed by atoms with E-state index < -0.39 is 0 Å². The Morgan fingerprint density at radius 1 is 1.06 bits per heavy atom. The van der Waals surface area contributed by atoms with Gasteiger partial charge < -0.3 is 15.4 Å². The summed E-state index contributed by atoms with van der Waals surface area (Å²) in [7, 11) is 0. The van der Waals surface area contributed by atoms with Crippen molar-refractivity contribution in [2.45, 2.75) is 39.8 Å². The molecule has 2 fully saturated rings. The molecule has 2 aliphatic rings. The first-order valence-electron chi connectivity index (χ1n) is 12.8. The summed E-state index contributed by atoms with van der Waals surface area (Å²) in [6.45, 7) is 11.1. The minimum atomic E-state index is -0.125. The van der Waals surface area contributed by atoms with E-state index in [-0.39, 0.29) is 12.1 Å². The van der Waals surface area contributed by atoms with Crippen LogP contribution in [-0.4, -0.2) is 48.3 Å². The van der Waals surface area contributed by atoms with Crippen molar-refractivity contribution in [3.05, 3.63) is 60.4 Å². The summed E-state index contributed by atoms with van der Waals surface area (Å²) in [5.74, 6) is 1.84. The quantitative estimate of drug-likeness (QED) is 0.474. The molecule has 184 valence electrons. The monoisotopic (exact) mass is 472 g/mol. The topological polar surface area (TPSA) is 66.5 Å². The Hall–Kier alpha value is -2.96. The van der Waals surface area contributed by atoms with Gasteiger partial charge in [0.1, 0.15) is 0 Å². The Morgan fingerprint density at radius 3 is 2.54 bits per heavy atom. The molecule has 1 saturated carbocycles. The predicted molar refractivity (Wildman–Crippen MR) is 141 cm³/mol. The normalized spacial score (nSPS) is 21.1. The van der Waals surface area contributed by atoms with E-state index in [1.54, 1.807) is 0 Å². The fourth-order valence-electron chi connectivity index (χ4n) is 5.11. The highest BCUT2D eigenvalue weighted by Crippen LogP contribution is 2.41. The molecule has 3 unspecified atom stereocenters. The van der Waals surface area contributed by atoms with Gasteiger partial charge in [-0.25, -0.2) is 4.79 Å². The Bertz CT molecular complexity index is 1170. The molecular formula is C29H36N4O2. The summed E-state index contributed by atoms with van der Waals surface area (Å²) in [5, 5.41) is 8.39. The van der Waals surface area contributed by atoms with Crippen molar-refractivity contribution in [2.75, 3.05) is 31.6 Å². The lowest BCUT2D eigenvalue weighted by atomic mass is 9.93. The van der Waals surface area contributed by atoms with Crippen molar-refractivity contribution >= 4 is 22.5 Å². The van der Waals surface area contributed by atoms with Crippen LogP contribution in [0, 0.1) is 17.8 Å². The summed E-state index contributed by atoms with van der Waals surface area (Å²) < 4.78 is 5.44. The van der Waals surface area contributed by atoms with Crippen LogP contribution in [0.15, 0.2) is 54.7 Å². The number of fused-ring (bicyclic) bond motifs is 1. The van der Waals surface area contributed by atoms with E-state index in [1.165, 1.54) is 0 Å². The van der Waals surface area contributed by atoms with E-state index in [9.17, 15) is 4.79 Å². The van der Waals surface area contributed by atoms with Gasteiger partial charge in [-0.2, -0.15) is 0 Å². The minimum absolute atomic E-state index is 0.125. The molecule has 0 radical (unpaired) electrons. The van der Waals surface area contributed by atoms with Gasteiger partial charge in [0.25, 0.3) is 0 Å². The lowest BCUT2D eigenvalue weighted by Gasteiger charge is -2.26. The van der Waals surface area contributed by atoms with Gasteiger partial charge in [-0.1, -0.05) is 57.2 Å². The van der Waals surface area contributed by atoms with Gasteiger partial charge in [-0.3, -0.25) is 9.88 Å². The van der Waals surface area contributed by atoms with E-state index in [2.05, 4.69) is 66.6 Å². The van der Waals surface area contributed by atoms with Gasteiger partial charge in [0.05, 0.1) is 24.6 Å². The molecule has 5 rings (SSSR count). The molecule has 6 nitrogen and oxygen atoms in total. The van der Waals surface area contributed by atoms with Crippen LogP contribution >= 0.6 is 0 Å². The van der Waals surface area contributed by atoms with E-state index in [0.717, 1.165) is 72.5 Å². The van der Waals surface area contributed by atoms with Crippen molar-refractivity contribution < 1.29 is 9.53 Å². The van der Waals surface area contributed by atoms with Gasteiger partial charge in [-0.05, 0) is 47.3 Å². The number of rotatable bonds is 7. The molecular weight excluding hydrogens is 436 g/mol. The zero-order chi connectivity index (χ0) is 24.4. The molecule has 2 amide bonds. The fourth-order valence-corrected chi connectivity index (χ4v) is 5.11. The summed E-state index contributed by atoms with van der Waals surface area (Å²) in [6, 6.07) is 16.7. The molecule has 3 aromatic rings. The standard InChI is InChI=1S/C29H36N4O2/c1-19(2)20(3)26-16-28(26)32-29(34)31-27-11-10-23(24-6-4-5-7-25(24)27)21-8-9-22(30-17-21)18-33-12-14-35-15-13-33/h4-11,17,19-20,26,28H,12-16,18H2,1-3H3,(H2,31,32,34). The number of aromatic nitrogens is 1. The van der Waals surface area contributed by atoms with Gasteiger partial charge in [-0.15, -0.1) is 0 Å². The van der Waals surface area contributed by atoms with Crippen molar-refractivity contribution in [1.29, 1.82) is 0 Å². The number of pyridine rings is 1. The number of hydrogen-bond donors (Lipinski definition) is 2. The van der Waals surface area contributed by atoms with Gasteiger partial charge in [0.15, 0.2) is 0 Å². The highest BCUT2D eigenvalue weighted by atomic mass is 16.5. The molecule has 1 aliphatic carbocycles. The zero-order valence-electron chi connectivity index (χ0n) is 21.0. The van der Waals surface area contributed by atoms with E-state index >= 15 is 0 Å². The highest BCUT2D eigenvalue weighted by Gasteiger charge is 2.42. The predicted octanol–water partition coefficient (Wildman–Crippen LogP) is 5.54. The first-order chi connectivity index (χ1) is 17.0. The van der Waals surface area contributed by atoms with E-state index in [1.807, 2.05) is 24.4 Å². The average molecular weight is 473 g/mol. The lowest BCUT2D eigenvalue weighted by molar-refractivity contribution is 0.0336. The Morgan fingerprint density at radius 2 is 1.83 bits per heavy atom. The number of amides is 2. The number of nitrogens with zero attached hydrogens (tertiary/aromatic N) is 2. The molecule has 2 heterocycles. The summed E-state index contributed by atoms with van der Waals surface area (Å²) in [4.78, 5) is 19.9. The maximum atomic E-state index is 12.8. The minimum Gasteiger partial charge on any atom is -0.379 e. The SMILES string of the molecule is CC(C)C(C)C1CC1NC(=O)Nc1ccc(-c2ccc(CN3CCOCC3)nc2)c2ccccc12. The van der Waals surface area contributed by atoms with E-state index in [4.69, 9.17) is 9.72 Å². The highest BCUT2D eigenvalue weighted by molar-refractivity contribution is 6.07. The molecule has 35 heavy (non-hydrogen) atoms. The van der Waals surface area contributed by atoms with Crippen LogP contribution in [-0.2, 0) is 11.3 Å². The number of carbonyl (C=O) groups is 1. The summed E-state index contributed by atoms with van der Waals surface area (Å²) in [5.41, 5.74) is 4.09. The number of ether oxygens (including phenoxy) is 1. The van der Waals surface area contributed by atoms with Crippen LogP contribution < -0.4 is 10.6 Å². The van der Waals surface area contributed by atoms with Crippen molar-refractivity contribution in [1.82, 2.24) is 15.2 Å². The van der Waals surface area contributed by atoms with Gasteiger partial charge in [0.2, 0.25) is 0 Å². The van der Waals surface area contributed by atoms with Crippen LogP contribution in [0.4, 0.5) is 10.5 Å². The van der Waals surface area contributed by atoms with Gasteiger partial charge in [0, 0.05) is 42.8 Å². The largest absolute Gasteiger partial charge is 0.379 e. The summed E-state index contributed by atoms with van der Waals surface area (Å²) in [6.07, 6.45) is 3.03. The van der Waals surface area contributed by atoms with Crippen LogP contribution in [0.25, 0.3) is 21.9 Å². The number of carbonyl (C=O) groups excluding carboxylic acids is 1. The molecule has 2 aromatic carbocycles. The van der Waals surface area contributed by atoms with Crippen molar-refractivity contribution in [3.8, 4) is 11.1 Å². The zero-order valence-corrected chi connectivity index (χ0v) is 21.0. The molecule has 3 atom stereocenters. The number of morpholine rings is 1. The van der Waals surface area contributed by atoms with E-state index in [0.29, 0.717) is 17.8 Å². The second-order valence-electron chi connectivity index (χ2n) is 10.3. The second kappa shape index (κ2) is 10.3. The number of benzene rings is 2. The number of urea groups is 1. The first kappa shape index (κ1) is 23.8. The van der Waals surface area contributed by atoms with Gasteiger partial charge >= 0.3 is 6.03 Å². The molecule has 6 heteroatoms. The lowest BCUT2D eigenvalue weighted by Crippen LogP contribution is -2.35. The van der Waals surface area contributed by atoms with Crippen LogP contribution in [0.1, 0.15) is 32.9 Å². The van der Waals surface area contributed by atoms with Crippen LogP contribution in [0.2, 0.25) is 0 Å². The molecule has 1 saturated heterocycles. The number of anilines is 1. The summed E-state index contributed by atoms with van der Waals surface area (Å²) >= 11 is 0. The Balaban J connectivity index is 1.29. The molecule has 2 N–H and O–H groups in total. The molecule has 0 bridgehead atoms. The molecule has 0 spiro atoms. The maximum Gasteiger partial charge on any atom is 0.319 e. The fraction of sp³-hybridized carbons (Fsp3) is 0.448. The smallest absolute Gasteiger partial charge is 0.319 e. The Kier molecular flexibility index (Phi) is 7.02. The average Bonchev–Trinajstić information content (AvgIpc) is 3.63. The van der Waals surface area contributed by atoms with Crippen LogP contribution in [0.3, 0.4) is 0 Å². The Labute approximate surface area is 208 Å². The maximum absolute atomic E-state index is 12.8. The number of nitrogens with one attached hydrogen (secondary N) is 2. The molecule has 1 aliphatic heterocycles. The third-order valence-electron chi connectivity index (χ3n) is 7.68. The third kappa shape index (κ3) is 5.49. The number of hydrogen-bond acceptors (Lipinski definition) is 4.